The molecule has 2 nitrogen and oxygen atoms in total. The largest absolute Gasteiger partial charge is 0.490 e. The van der Waals surface area contributed by atoms with Gasteiger partial charge in [0.2, 0.25) is 0 Å². The van der Waals surface area contributed by atoms with E-state index in [0.29, 0.717) is 17.6 Å². The van der Waals surface area contributed by atoms with Crippen molar-refractivity contribution in [2.45, 2.75) is 65.5 Å². The highest BCUT2D eigenvalue weighted by Crippen LogP contribution is 2.36. The fourth-order valence-electron chi connectivity index (χ4n) is 3.36. The zero-order valence-corrected chi connectivity index (χ0v) is 13.4. The summed E-state index contributed by atoms with van der Waals surface area (Å²) in [4.78, 5) is 0. The SMILES string of the molecule is CCCNC(C)CC(C)(C)CC1Cc2ccccc2O1. The first kappa shape index (κ1) is 15.4. The fourth-order valence-corrected chi connectivity index (χ4v) is 3.36. The number of benzene rings is 1. The minimum Gasteiger partial charge on any atom is -0.490 e. The van der Waals surface area contributed by atoms with Gasteiger partial charge in [0.15, 0.2) is 0 Å². The van der Waals surface area contributed by atoms with E-state index in [4.69, 9.17) is 4.74 Å². The molecule has 0 bridgehead atoms. The summed E-state index contributed by atoms with van der Waals surface area (Å²) >= 11 is 0. The molecule has 1 aromatic carbocycles. The van der Waals surface area contributed by atoms with Crippen molar-refractivity contribution in [1.29, 1.82) is 0 Å². The van der Waals surface area contributed by atoms with Crippen molar-refractivity contribution >= 4 is 0 Å². The van der Waals surface area contributed by atoms with E-state index >= 15 is 0 Å². The first-order valence-corrected chi connectivity index (χ1v) is 7.98. The molecule has 0 saturated carbocycles. The Bertz CT molecular complexity index is 402. The molecule has 0 aliphatic carbocycles. The van der Waals surface area contributed by atoms with Gasteiger partial charge in [-0.2, -0.15) is 0 Å². The summed E-state index contributed by atoms with van der Waals surface area (Å²) < 4.78 is 6.09. The number of para-hydroxylation sites is 1. The summed E-state index contributed by atoms with van der Waals surface area (Å²) in [5, 5.41) is 3.59. The van der Waals surface area contributed by atoms with E-state index in [-0.39, 0.29) is 0 Å². The summed E-state index contributed by atoms with van der Waals surface area (Å²) in [6.45, 7) is 10.4. The molecule has 0 radical (unpaired) electrons. The van der Waals surface area contributed by atoms with Gasteiger partial charge in [0.05, 0.1) is 0 Å². The number of rotatable bonds is 7. The minimum absolute atomic E-state index is 0.312. The molecule has 0 spiro atoms. The van der Waals surface area contributed by atoms with Crippen LogP contribution in [0.4, 0.5) is 0 Å². The molecule has 0 fully saturated rings. The summed E-state index contributed by atoms with van der Waals surface area (Å²) in [5.74, 6) is 1.09. The smallest absolute Gasteiger partial charge is 0.123 e. The Morgan fingerprint density at radius 1 is 1.35 bits per heavy atom. The van der Waals surface area contributed by atoms with Gasteiger partial charge in [-0.15, -0.1) is 0 Å². The van der Waals surface area contributed by atoms with Crippen LogP contribution in [0.1, 0.15) is 52.5 Å². The average molecular weight is 275 g/mol. The van der Waals surface area contributed by atoms with Crippen molar-refractivity contribution < 1.29 is 4.74 Å². The lowest BCUT2D eigenvalue weighted by Gasteiger charge is -2.30. The Hall–Kier alpha value is -1.02. The van der Waals surface area contributed by atoms with Crippen LogP contribution in [0.5, 0.6) is 5.75 Å². The average Bonchev–Trinajstić information content (AvgIpc) is 2.76. The third-order valence-electron chi connectivity index (χ3n) is 4.10. The van der Waals surface area contributed by atoms with Crippen LogP contribution in [0.25, 0.3) is 0 Å². The van der Waals surface area contributed by atoms with Crippen LogP contribution in [0.3, 0.4) is 0 Å². The molecule has 1 aromatic rings. The van der Waals surface area contributed by atoms with E-state index in [9.17, 15) is 0 Å². The third kappa shape index (κ3) is 4.24. The summed E-state index contributed by atoms with van der Waals surface area (Å²) in [5.41, 5.74) is 1.68. The van der Waals surface area contributed by atoms with E-state index in [0.717, 1.165) is 25.1 Å². The third-order valence-corrected chi connectivity index (χ3v) is 4.10. The van der Waals surface area contributed by atoms with Gasteiger partial charge in [-0.1, -0.05) is 39.0 Å². The summed E-state index contributed by atoms with van der Waals surface area (Å²) in [7, 11) is 0. The molecule has 1 heterocycles. The number of nitrogens with one attached hydrogen (secondary N) is 1. The van der Waals surface area contributed by atoms with E-state index in [2.05, 4.69) is 57.3 Å². The van der Waals surface area contributed by atoms with E-state index < -0.39 is 0 Å². The number of hydrogen-bond acceptors (Lipinski definition) is 2. The van der Waals surface area contributed by atoms with Crippen LogP contribution < -0.4 is 10.1 Å². The monoisotopic (exact) mass is 275 g/mol. The van der Waals surface area contributed by atoms with Gasteiger partial charge in [0, 0.05) is 12.5 Å². The molecule has 2 rings (SSSR count). The highest BCUT2D eigenvalue weighted by Gasteiger charge is 2.30. The summed E-state index contributed by atoms with van der Waals surface area (Å²) in [6, 6.07) is 9.02. The molecule has 0 saturated heterocycles. The van der Waals surface area contributed by atoms with Crippen molar-refractivity contribution in [3.05, 3.63) is 29.8 Å². The highest BCUT2D eigenvalue weighted by atomic mass is 16.5. The maximum Gasteiger partial charge on any atom is 0.123 e. The molecule has 2 atom stereocenters. The van der Waals surface area contributed by atoms with Gasteiger partial charge in [0.1, 0.15) is 11.9 Å². The lowest BCUT2D eigenvalue weighted by molar-refractivity contribution is 0.142. The predicted molar refractivity (Wildman–Crippen MR) is 85.3 cm³/mol. The second-order valence-corrected chi connectivity index (χ2v) is 6.98. The number of hydrogen-bond donors (Lipinski definition) is 1. The summed E-state index contributed by atoms with van der Waals surface area (Å²) in [6.07, 6.45) is 4.94. The normalized spacial score (nSPS) is 19.5. The van der Waals surface area contributed by atoms with Crippen LogP contribution in [0.15, 0.2) is 24.3 Å². The lowest BCUT2D eigenvalue weighted by atomic mass is 9.80. The minimum atomic E-state index is 0.312. The van der Waals surface area contributed by atoms with Crippen molar-refractivity contribution in [3.8, 4) is 5.75 Å². The molecule has 20 heavy (non-hydrogen) atoms. The second-order valence-electron chi connectivity index (χ2n) is 6.98. The fraction of sp³-hybridized carbons (Fsp3) is 0.667. The molecule has 2 heteroatoms. The van der Waals surface area contributed by atoms with Crippen molar-refractivity contribution in [1.82, 2.24) is 5.32 Å². The zero-order valence-electron chi connectivity index (χ0n) is 13.4. The molecule has 0 aromatic heterocycles. The Morgan fingerprint density at radius 3 is 2.80 bits per heavy atom. The van der Waals surface area contributed by atoms with E-state index in [1.807, 2.05) is 0 Å². The maximum absolute atomic E-state index is 6.09. The van der Waals surface area contributed by atoms with Crippen LogP contribution >= 0.6 is 0 Å². The van der Waals surface area contributed by atoms with Crippen molar-refractivity contribution in [2.75, 3.05) is 6.54 Å². The Labute approximate surface area is 123 Å². The lowest BCUT2D eigenvalue weighted by Crippen LogP contribution is -2.34. The van der Waals surface area contributed by atoms with Gasteiger partial charge in [-0.25, -0.2) is 0 Å². The van der Waals surface area contributed by atoms with Crippen LogP contribution in [0, 0.1) is 5.41 Å². The molecule has 0 amide bonds. The van der Waals surface area contributed by atoms with Crippen LogP contribution in [0.2, 0.25) is 0 Å². The van der Waals surface area contributed by atoms with Gasteiger partial charge in [0.25, 0.3) is 0 Å². The van der Waals surface area contributed by atoms with Gasteiger partial charge < -0.3 is 10.1 Å². The Morgan fingerprint density at radius 2 is 2.10 bits per heavy atom. The van der Waals surface area contributed by atoms with Crippen molar-refractivity contribution in [3.63, 3.8) is 0 Å². The molecular weight excluding hydrogens is 246 g/mol. The van der Waals surface area contributed by atoms with Crippen LogP contribution in [-0.4, -0.2) is 18.7 Å². The van der Waals surface area contributed by atoms with Crippen molar-refractivity contribution in [2.24, 2.45) is 5.41 Å². The first-order valence-electron chi connectivity index (χ1n) is 7.98. The number of ether oxygens (including phenoxy) is 1. The Kier molecular flexibility index (Phi) is 5.09. The first-order chi connectivity index (χ1) is 9.50. The standard InChI is InChI=1S/C18H29NO/c1-5-10-19-14(2)12-18(3,4)13-16-11-15-8-6-7-9-17(15)20-16/h6-9,14,16,19H,5,10-13H2,1-4H3. The van der Waals surface area contributed by atoms with Crippen LogP contribution in [-0.2, 0) is 6.42 Å². The Balaban J connectivity index is 1.84. The molecule has 112 valence electrons. The van der Waals surface area contributed by atoms with E-state index in [1.165, 1.54) is 18.4 Å². The van der Waals surface area contributed by atoms with E-state index in [1.54, 1.807) is 0 Å². The second kappa shape index (κ2) is 6.62. The predicted octanol–water partition coefficient (Wildman–Crippen LogP) is 4.18. The topological polar surface area (TPSA) is 21.3 Å². The molecule has 1 N–H and O–H groups in total. The maximum atomic E-state index is 6.09. The molecule has 1 aliphatic rings. The molecule has 2 unspecified atom stereocenters. The molecular formula is C18H29NO. The van der Waals surface area contributed by atoms with Gasteiger partial charge in [-0.05, 0) is 49.8 Å². The number of fused-ring (bicyclic) bond motifs is 1. The van der Waals surface area contributed by atoms with Gasteiger partial charge in [-0.3, -0.25) is 0 Å². The highest BCUT2D eigenvalue weighted by molar-refractivity contribution is 5.37. The van der Waals surface area contributed by atoms with Gasteiger partial charge >= 0.3 is 0 Å². The zero-order chi connectivity index (χ0) is 14.6. The quantitative estimate of drug-likeness (QED) is 0.806. The molecule has 1 aliphatic heterocycles.